The van der Waals surface area contributed by atoms with E-state index in [2.05, 4.69) is 30.9 Å². The van der Waals surface area contributed by atoms with E-state index in [1.54, 1.807) is 12.5 Å². The highest BCUT2D eigenvalue weighted by Crippen LogP contribution is 2.11. The van der Waals surface area contributed by atoms with Gasteiger partial charge in [0.1, 0.15) is 5.52 Å². The van der Waals surface area contributed by atoms with E-state index < -0.39 is 0 Å². The van der Waals surface area contributed by atoms with Gasteiger partial charge in [0, 0.05) is 11.9 Å². The van der Waals surface area contributed by atoms with E-state index in [9.17, 15) is 0 Å². The summed E-state index contributed by atoms with van der Waals surface area (Å²) < 4.78 is 1.93. The summed E-state index contributed by atoms with van der Waals surface area (Å²) in [7, 11) is 0. The number of alkyl halides is 1. The molecule has 0 aliphatic carbocycles. The number of imidazole rings is 1. The van der Waals surface area contributed by atoms with Gasteiger partial charge >= 0.3 is 0 Å². The number of halogens is 2. The molecule has 2 rings (SSSR count). The van der Waals surface area contributed by atoms with Crippen molar-refractivity contribution in [2.24, 2.45) is 0 Å². The smallest absolute Gasteiger partial charge is 0.224 e. The Bertz CT molecular complexity index is 427. The number of hydrogen-bond acceptors (Lipinski definition) is 3. The van der Waals surface area contributed by atoms with Crippen molar-refractivity contribution >= 4 is 38.7 Å². The second-order valence-corrected chi connectivity index (χ2v) is 3.61. The Morgan fingerprint density at radius 3 is 3.08 bits per heavy atom. The third-order valence-corrected chi connectivity index (χ3v) is 2.19. The van der Waals surface area contributed by atoms with Crippen LogP contribution in [0.5, 0.6) is 0 Å². The fraction of sp³-hybridized carbons (Fsp3) is 0.286. The minimum atomic E-state index is 0.254. The lowest BCUT2D eigenvalue weighted by atomic mass is 10.5. The summed E-state index contributed by atoms with van der Waals surface area (Å²) in [5, 5.41) is 1.11. The van der Waals surface area contributed by atoms with Crippen LogP contribution in [0.15, 0.2) is 12.5 Å². The molecule has 0 fully saturated rings. The zero-order chi connectivity index (χ0) is 9.26. The van der Waals surface area contributed by atoms with Crippen LogP contribution in [0.2, 0.25) is 5.28 Å². The summed E-state index contributed by atoms with van der Waals surface area (Å²) in [6, 6.07) is 0. The van der Waals surface area contributed by atoms with Gasteiger partial charge in [0.2, 0.25) is 5.28 Å². The van der Waals surface area contributed by atoms with Gasteiger partial charge in [0.05, 0.1) is 12.5 Å². The number of fused-ring (bicyclic) bond motifs is 1. The largest absolute Gasteiger partial charge is 0.314 e. The van der Waals surface area contributed by atoms with E-state index in [1.807, 2.05) is 4.57 Å². The molecule has 2 aromatic rings. The first-order valence-electron chi connectivity index (χ1n) is 3.70. The van der Waals surface area contributed by atoms with Crippen LogP contribution < -0.4 is 0 Å². The first-order chi connectivity index (χ1) is 6.31. The predicted molar refractivity (Wildman–Crippen MR) is 54.1 cm³/mol. The predicted octanol–water partition coefficient (Wildman–Crippen LogP) is 1.87. The Kier molecular flexibility index (Phi) is 2.46. The first-order valence-corrected chi connectivity index (χ1v) is 5.20. The van der Waals surface area contributed by atoms with Crippen LogP contribution in [0.25, 0.3) is 11.2 Å². The minimum absolute atomic E-state index is 0.254. The first kappa shape index (κ1) is 8.90. The monoisotopic (exact) mass is 260 g/mol. The SMILES string of the molecule is Clc1ncc2ncn(CCBr)c2n1. The molecule has 4 nitrogen and oxygen atoms in total. The van der Waals surface area contributed by atoms with Crippen LogP contribution >= 0.6 is 27.5 Å². The molecule has 0 aliphatic rings. The fourth-order valence-corrected chi connectivity index (χ4v) is 1.60. The minimum Gasteiger partial charge on any atom is -0.314 e. The number of aryl methyl sites for hydroxylation is 1. The summed E-state index contributed by atoms with van der Waals surface area (Å²) >= 11 is 9.02. The molecule has 0 unspecified atom stereocenters. The number of hydrogen-bond donors (Lipinski definition) is 0. The summed E-state index contributed by atoms with van der Waals surface area (Å²) in [5.74, 6) is 0. The molecule has 0 aromatic carbocycles. The van der Waals surface area contributed by atoms with Gasteiger partial charge in [0.25, 0.3) is 0 Å². The van der Waals surface area contributed by atoms with Gasteiger partial charge in [0.15, 0.2) is 5.65 Å². The second kappa shape index (κ2) is 3.59. The fourth-order valence-electron chi connectivity index (χ4n) is 1.09. The zero-order valence-corrected chi connectivity index (χ0v) is 8.96. The van der Waals surface area contributed by atoms with Crippen LogP contribution in [0, 0.1) is 0 Å². The Labute approximate surface area is 88.1 Å². The highest BCUT2D eigenvalue weighted by atomic mass is 79.9. The van der Waals surface area contributed by atoms with E-state index in [4.69, 9.17) is 11.6 Å². The molecule has 2 aromatic heterocycles. The Hall–Kier alpha value is -0.680. The molecule has 0 saturated heterocycles. The maximum Gasteiger partial charge on any atom is 0.224 e. The summed E-state index contributed by atoms with van der Waals surface area (Å²) in [4.78, 5) is 12.1. The van der Waals surface area contributed by atoms with Gasteiger partial charge in [-0.3, -0.25) is 0 Å². The molecule has 13 heavy (non-hydrogen) atoms. The van der Waals surface area contributed by atoms with Gasteiger partial charge in [-0.05, 0) is 11.6 Å². The molecule has 68 valence electrons. The van der Waals surface area contributed by atoms with Gasteiger partial charge < -0.3 is 4.57 Å². The van der Waals surface area contributed by atoms with Crippen LogP contribution in [0.4, 0.5) is 0 Å². The molecule has 6 heteroatoms. The lowest BCUT2D eigenvalue weighted by Crippen LogP contribution is -1.98. The normalized spacial score (nSPS) is 10.9. The summed E-state index contributed by atoms with van der Waals surface area (Å²) in [6.45, 7) is 0.823. The summed E-state index contributed by atoms with van der Waals surface area (Å²) in [5.41, 5.74) is 1.55. The number of aromatic nitrogens is 4. The van der Waals surface area contributed by atoms with E-state index in [0.717, 1.165) is 23.0 Å². The van der Waals surface area contributed by atoms with Crippen molar-refractivity contribution in [1.82, 2.24) is 19.5 Å². The number of rotatable bonds is 2. The van der Waals surface area contributed by atoms with Crippen molar-refractivity contribution in [1.29, 1.82) is 0 Å². The maximum absolute atomic E-state index is 5.67. The molecule has 0 saturated carbocycles. The molecule has 0 N–H and O–H groups in total. The van der Waals surface area contributed by atoms with Crippen LogP contribution in [0.1, 0.15) is 0 Å². The quantitative estimate of drug-likeness (QED) is 0.612. The molecule has 0 aliphatic heterocycles. The molecule has 0 amide bonds. The van der Waals surface area contributed by atoms with Gasteiger partial charge in [-0.2, -0.15) is 4.98 Å². The molecular weight excluding hydrogens is 255 g/mol. The second-order valence-electron chi connectivity index (χ2n) is 2.47. The molecule has 2 heterocycles. The topological polar surface area (TPSA) is 43.6 Å². The third-order valence-electron chi connectivity index (χ3n) is 1.65. The lowest BCUT2D eigenvalue weighted by molar-refractivity contribution is 0.790. The Morgan fingerprint density at radius 1 is 1.46 bits per heavy atom. The van der Waals surface area contributed by atoms with E-state index in [-0.39, 0.29) is 5.28 Å². The highest BCUT2D eigenvalue weighted by Gasteiger charge is 2.04. The zero-order valence-electron chi connectivity index (χ0n) is 6.61. The average Bonchev–Trinajstić information content (AvgIpc) is 2.49. The molecular formula is C7H6BrClN4. The van der Waals surface area contributed by atoms with Crippen LogP contribution in [0.3, 0.4) is 0 Å². The van der Waals surface area contributed by atoms with Crippen molar-refractivity contribution in [3.8, 4) is 0 Å². The molecule has 0 bridgehead atoms. The van der Waals surface area contributed by atoms with Crippen molar-refractivity contribution in [2.45, 2.75) is 6.54 Å². The number of nitrogens with zero attached hydrogens (tertiary/aromatic N) is 4. The van der Waals surface area contributed by atoms with Crippen molar-refractivity contribution in [3.63, 3.8) is 0 Å². The van der Waals surface area contributed by atoms with Crippen molar-refractivity contribution in [3.05, 3.63) is 17.8 Å². The average molecular weight is 262 g/mol. The standard InChI is InChI=1S/C7H6BrClN4/c8-1-2-13-4-11-5-3-10-7(9)12-6(5)13/h3-4H,1-2H2. The van der Waals surface area contributed by atoms with Crippen molar-refractivity contribution in [2.75, 3.05) is 5.33 Å². The van der Waals surface area contributed by atoms with E-state index in [0.29, 0.717) is 0 Å². The molecule has 0 atom stereocenters. The van der Waals surface area contributed by atoms with Gasteiger partial charge in [-0.1, -0.05) is 15.9 Å². The summed E-state index contributed by atoms with van der Waals surface area (Å²) in [6.07, 6.45) is 3.35. The third kappa shape index (κ3) is 1.66. The van der Waals surface area contributed by atoms with Gasteiger partial charge in [-0.25, -0.2) is 9.97 Å². The molecule has 0 radical (unpaired) electrons. The van der Waals surface area contributed by atoms with Crippen LogP contribution in [-0.2, 0) is 6.54 Å². The van der Waals surface area contributed by atoms with Crippen molar-refractivity contribution < 1.29 is 0 Å². The van der Waals surface area contributed by atoms with Gasteiger partial charge in [-0.15, -0.1) is 0 Å². The maximum atomic E-state index is 5.67. The van der Waals surface area contributed by atoms with E-state index in [1.165, 1.54) is 0 Å². The Balaban J connectivity index is 2.58. The molecule has 0 spiro atoms. The lowest BCUT2D eigenvalue weighted by Gasteiger charge is -1.98. The highest BCUT2D eigenvalue weighted by molar-refractivity contribution is 9.09. The van der Waals surface area contributed by atoms with E-state index >= 15 is 0 Å². The van der Waals surface area contributed by atoms with Crippen LogP contribution in [-0.4, -0.2) is 24.8 Å². The Morgan fingerprint density at radius 2 is 2.31 bits per heavy atom.